The molecule has 5 nitrogen and oxygen atoms in total. The van der Waals surface area contributed by atoms with Gasteiger partial charge in [-0.05, 0) is 50.2 Å². The van der Waals surface area contributed by atoms with Crippen LogP contribution in [0, 0.1) is 6.92 Å². The molecule has 0 spiro atoms. The highest BCUT2D eigenvalue weighted by atomic mass is 32.2. The molecule has 0 fully saturated rings. The molecular formula is C15H19N3O2S. The summed E-state index contributed by atoms with van der Waals surface area (Å²) in [5, 5.41) is 3.11. The van der Waals surface area contributed by atoms with Gasteiger partial charge in [0.25, 0.3) is 10.0 Å². The van der Waals surface area contributed by atoms with E-state index in [0.29, 0.717) is 5.82 Å². The number of anilines is 1. The molecule has 2 N–H and O–H groups in total. The SMILES string of the molecule is CNC(C)c1ccc(S(=O)(=O)Nc2ccc(C)cn2)cc1. The lowest BCUT2D eigenvalue weighted by molar-refractivity contribution is 0.600. The maximum absolute atomic E-state index is 12.3. The molecule has 2 aromatic rings. The fraction of sp³-hybridized carbons (Fsp3) is 0.267. The van der Waals surface area contributed by atoms with Crippen molar-refractivity contribution in [2.75, 3.05) is 11.8 Å². The standard InChI is InChI=1S/C15H19N3O2S/c1-11-4-9-15(17-10-11)18-21(19,20)14-7-5-13(6-8-14)12(2)16-3/h4-10,12,16H,1-3H3,(H,17,18). The van der Waals surface area contributed by atoms with Crippen molar-refractivity contribution in [1.82, 2.24) is 10.3 Å². The molecule has 0 saturated carbocycles. The lowest BCUT2D eigenvalue weighted by Crippen LogP contribution is -2.15. The average molecular weight is 305 g/mol. The van der Waals surface area contributed by atoms with Gasteiger partial charge in [-0.15, -0.1) is 0 Å². The van der Waals surface area contributed by atoms with Crippen molar-refractivity contribution in [1.29, 1.82) is 0 Å². The summed E-state index contributed by atoms with van der Waals surface area (Å²) in [7, 11) is -1.75. The molecule has 112 valence electrons. The number of rotatable bonds is 5. The Balaban J connectivity index is 2.21. The Morgan fingerprint density at radius 2 is 1.76 bits per heavy atom. The highest BCUT2D eigenvalue weighted by molar-refractivity contribution is 7.92. The van der Waals surface area contributed by atoms with Crippen LogP contribution in [0.5, 0.6) is 0 Å². The zero-order valence-corrected chi connectivity index (χ0v) is 13.1. The van der Waals surface area contributed by atoms with Crippen molar-refractivity contribution in [3.8, 4) is 0 Å². The predicted molar refractivity (Wildman–Crippen MR) is 83.7 cm³/mol. The first kappa shape index (κ1) is 15.5. The summed E-state index contributed by atoms with van der Waals surface area (Å²) in [5.74, 6) is 0.313. The lowest BCUT2D eigenvalue weighted by atomic mass is 10.1. The number of hydrogen-bond donors (Lipinski definition) is 2. The smallest absolute Gasteiger partial charge is 0.263 e. The number of benzene rings is 1. The summed E-state index contributed by atoms with van der Waals surface area (Å²) in [4.78, 5) is 4.27. The molecule has 1 heterocycles. The fourth-order valence-corrected chi connectivity index (χ4v) is 2.84. The predicted octanol–water partition coefficient (Wildman–Crippen LogP) is 2.47. The van der Waals surface area contributed by atoms with Gasteiger partial charge in [0.15, 0.2) is 0 Å². The Kier molecular flexibility index (Phi) is 4.59. The highest BCUT2D eigenvalue weighted by Gasteiger charge is 2.15. The van der Waals surface area contributed by atoms with E-state index in [4.69, 9.17) is 0 Å². The van der Waals surface area contributed by atoms with E-state index in [1.54, 1.807) is 36.5 Å². The van der Waals surface area contributed by atoms with Gasteiger partial charge in [0.2, 0.25) is 0 Å². The Hall–Kier alpha value is -1.92. The van der Waals surface area contributed by atoms with Crippen LogP contribution >= 0.6 is 0 Å². The van der Waals surface area contributed by atoms with Gasteiger partial charge in [0.1, 0.15) is 5.82 Å². The van der Waals surface area contributed by atoms with Crippen molar-refractivity contribution in [2.45, 2.75) is 24.8 Å². The van der Waals surface area contributed by atoms with Crippen LogP contribution in [0.4, 0.5) is 5.82 Å². The zero-order valence-electron chi connectivity index (χ0n) is 12.3. The highest BCUT2D eigenvalue weighted by Crippen LogP contribution is 2.18. The number of pyridine rings is 1. The van der Waals surface area contributed by atoms with E-state index in [9.17, 15) is 8.42 Å². The molecule has 0 saturated heterocycles. The minimum absolute atomic E-state index is 0.175. The van der Waals surface area contributed by atoms with Crippen molar-refractivity contribution >= 4 is 15.8 Å². The Bertz CT molecular complexity index is 695. The van der Waals surface area contributed by atoms with Crippen molar-refractivity contribution in [2.24, 2.45) is 0 Å². The first-order valence-electron chi connectivity index (χ1n) is 6.65. The molecule has 0 bridgehead atoms. The summed E-state index contributed by atoms with van der Waals surface area (Å²) in [6, 6.07) is 10.4. The minimum atomic E-state index is -3.61. The Morgan fingerprint density at radius 3 is 2.29 bits per heavy atom. The fourth-order valence-electron chi connectivity index (χ4n) is 1.83. The quantitative estimate of drug-likeness (QED) is 0.890. The number of aromatic nitrogens is 1. The van der Waals surface area contributed by atoms with Gasteiger partial charge in [0.05, 0.1) is 4.90 Å². The second kappa shape index (κ2) is 6.24. The van der Waals surface area contributed by atoms with Crippen LogP contribution in [0.1, 0.15) is 24.1 Å². The van der Waals surface area contributed by atoms with Gasteiger partial charge in [-0.25, -0.2) is 13.4 Å². The van der Waals surface area contributed by atoms with Crippen molar-refractivity contribution < 1.29 is 8.42 Å². The number of hydrogen-bond acceptors (Lipinski definition) is 4. The molecule has 0 aliphatic heterocycles. The summed E-state index contributed by atoms with van der Waals surface area (Å²) >= 11 is 0. The summed E-state index contributed by atoms with van der Waals surface area (Å²) in [6.45, 7) is 3.91. The summed E-state index contributed by atoms with van der Waals surface area (Å²) in [5.41, 5.74) is 2.01. The van der Waals surface area contributed by atoms with E-state index in [0.717, 1.165) is 11.1 Å². The molecule has 1 atom stereocenters. The van der Waals surface area contributed by atoms with Crippen molar-refractivity contribution in [3.63, 3.8) is 0 Å². The second-order valence-electron chi connectivity index (χ2n) is 4.91. The van der Waals surface area contributed by atoms with Gasteiger partial charge in [0, 0.05) is 12.2 Å². The lowest BCUT2D eigenvalue weighted by Gasteiger charge is -2.12. The zero-order chi connectivity index (χ0) is 15.5. The first-order chi connectivity index (χ1) is 9.92. The molecule has 2 rings (SSSR count). The Labute approximate surface area is 125 Å². The second-order valence-corrected chi connectivity index (χ2v) is 6.59. The van der Waals surface area contributed by atoms with Crippen LogP contribution in [0.2, 0.25) is 0 Å². The minimum Gasteiger partial charge on any atom is -0.313 e. The van der Waals surface area contributed by atoms with E-state index in [-0.39, 0.29) is 10.9 Å². The van der Waals surface area contributed by atoms with E-state index >= 15 is 0 Å². The van der Waals surface area contributed by atoms with Crippen LogP contribution in [0.3, 0.4) is 0 Å². The van der Waals surface area contributed by atoms with Gasteiger partial charge in [-0.1, -0.05) is 18.2 Å². The third-order valence-corrected chi connectivity index (χ3v) is 4.64. The van der Waals surface area contributed by atoms with E-state index in [1.807, 2.05) is 27.0 Å². The summed E-state index contributed by atoms with van der Waals surface area (Å²) in [6.07, 6.45) is 1.62. The van der Waals surface area contributed by atoms with E-state index in [1.165, 1.54) is 0 Å². The van der Waals surface area contributed by atoms with Gasteiger partial charge in [-0.2, -0.15) is 0 Å². The average Bonchev–Trinajstić information content (AvgIpc) is 2.49. The molecule has 0 radical (unpaired) electrons. The van der Waals surface area contributed by atoms with Crippen LogP contribution in [-0.4, -0.2) is 20.4 Å². The van der Waals surface area contributed by atoms with E-state index in [2.05, 4.69) is 15.0 Å². The molecule has 0 aliphatic carbocycles. The largest absolute Gasteiger partial charge is 0.313 e. The third-order valence-electron chi connectivity index (χ3n) is 3.27. The van der Waals surface area contributed by atoms with Crippen LogP contribution < -0.4 is 10.0 Å². The molecular weight excluding hydrogens is 286 g/mol. The number of nitrogens with zero attached hydrogens (tertiary/aromatic N) is 1. The third kappa shape index (κ3) is 3.80. The number of aryl methyl sites for hydroxylation is 1. The van der Waals surface area contributed by atoms with E-state index < -0.39 is 10.0 Å². The number of sulfonamides is 1. The normalized spacial score (nSPS) is 12.9. The molecule has 21 heavy (non-hydrogen) atoms. The number of nitrogens with one attached hydrogen (secondary N) is 2. The van der Waals surface area contributed by atoms with Crippen LogP contribution in [-0.2, 0) is 10.0 Å². The van der Waals surface area contributed by atoms with Gasteiger partial charge < -0.3 is 5.32 Å². The van der Waals surface area contributed by atoms with Gasteiger partial charge >= 0.3 is 0 Å². The van der Waals surface area contributed by atoms with Gasteiger partial charge in [-0.3, -0.25) is 4.72 Å². The Morgan fingerprint density at radius 1 is 1.10 bits per heavy atom. The first-order valence-corrected chi connectivity index (χ1v) is 8.13. The molecule has 1 aromatic heterocycles. The molecule has 1 aromatic carbocycles. The summed E-state index contributed by atoms with van der Waals surface area (Å²) < 4.78 is 27.0. The monoisotopic (exact) mass is 305 g/mol. The maximum Gasteiger partial charge on any atom is 0.263 e. The molecule has 6 heteroatoms. The van der Waals surface area contributed by atoms with Crippen LogP contribution in [0.25, 0.3) is 0 Å². The molecule has 0 aliphatic rings. The molecule has 1 unspecified atom stereocenters. The maximum atomic E-state index is 12.3. The van der Waals surface area contributed by atoms with Crippen LogP contribution in [0.15, 0.2) is 47.5 Å². The topological polar surface area (TPSA) is 71.1 Å². The van der Waals surface area contributed by atoms with Crippen molar-refractivity contribution in [3.05, 3.63) is 53.7 Å². The molecule has 0 amide bonds.